The second-order valence-corrected chi connectivity index (χ2v) is 8.30. The van der Waals surface area contributed by atoms with Gasteiger partial charge in [-0.25, -0.2) is 8.42 Å². The first-order valence-electron chi connectivity index (χ1n) is 5.90. The van der Waals surface area contributed by atoms with Crippen LogP contribution in [0.25, 0.3) is 0 Å². The van der Waals surface area contributed by atoms with Gasteiger partial charge in [0.1, 0.15) is 5.78 Å². The number of sulfone groups is 1. The molecule has 1 saturated heterocycles. The third-order valence-electron chi connectivity index (χ3n) is 6.07. The molecule has 0 amide bonds. The summed E-state index contributed by atoms with van der Waals surface area (Å²) < 4.78 is 24.5. The van der Waals surface area contributed by atoms with Gasteiger partial charge < -0.3 is 0 Å². The van der Waals surface area contributed by atoms with E-state index in [1.165, 1.54) is 0 Å². The maximum absolute atomic E-state index is 12.2. The molecule has 5 saturated carbocycles. The standard InChI is InChI=1S/C11H12O3S/c12-9-7-3-1-2-4-6-5(3)8(9)11(6)15(13,14)10(4)7/h3-8,10-11H,1-2H2/t3-,4+,5+,6-,7+,8+,10-,11+/m1/s1. The molecule has 80 valence electrons. The van der Waals surface area contributed by atoms with Crippen LogP contribution in [0.3, 0.4) is 0 Å². The summed E-state index contributed by atoms with van der Waals surface area (Å²) in [6.45, 7) is 0. The molecule has 6 bridgehead atoms. The van der Waals surface area contributed by atoms with Crippen LogP contribution in [0.4, 0.5) is 0 Å². The number of carbonyl (C=O) groups excluding carboxylic acids is 1. The van der Waals surface area contributed by atoms with Crippen molar-refractivity contribution in [3.8, 4) is 0 Å². The van der Waals surface area contributed by atoms with Crippen LogP contribution in [0.15, 0.2) is 0 Å². The van der Waals surface area contributed by atoms with E-state index in [-0.39, 0.29) is 22.3 Å². The van der Waals surface area contributed by atoms with E-state index in [2.05, 4.69) is 0 Å². The Bertz CT molecular complexity index is 508. The summed E-state index contributed by atoms with van der Waals surface area (Å²) in [6.07, 6.45) is 2.19. The van der Waals surface area contributed by atoms with Gasteiger partial charge in [0.05, 0.1) is 10.5 Å². The van der Waals surface area contributed by atoms with Crippen LogP contribution in [0.1, 0.15) is 12.8 Å². The van der Waals surface area contributed by atoms with Crippen molar-refractivity contribution in [3.63, 3.8) is 0 Å². The Hall–Kier alpha value is -0.380. The number of Topliss-reactive ketones (excluding diaryl/α,β-unsaturated/α-hetero) is 1. The molecule has 8 atom stereocenters. The molecule has 6 aliphatic rings. The van der Waals surface area contributed by atoms with Crippen LogP contribution in [0.2, 0.25) is 0 Å². The van der Waals surface area contributed by atoms with Crippen molar-refractivity contribution in [3.05, 3.63) is 0 Å². The zero-order valence-electron chi connectivity index (χ0n) is 8.17. The van der Waals surface area contributed by atoms with Gasteiger partial charge >= 0.3 is 0 Å². The molecule has 6 rings (SSSR count). The van der Waals surface area contributed by atoms with Crippen molar-refractivity contribution in [1.29, 1.82) is 0 Å². The SMILES string of the molecule is O=C1[C@@H]2[C@@H]3CC[C@H]4[C@@H]5[C@H]3[C@@H]1[C@H]5S(=O)(=O)[C@H]42. The molecule has 15 heavy (non-hydrogen) atoms. The van der Waals surface area contributed by atoms with Gasteiger partial charge in [-0.3, -0.25) is 4.79 Å². The first-order chi connectivity index (χ1) is 7.14. The highest BCUT2D eigenvalue weighted by Crippen LogP contribution is 2.76. The highest BCUT2D eigenvalue weighted by atomic mass is 32.2. The zero-order valence-corrected chi connectivity index (χ0v) is 8.98. The lowest BCUT2D eigenvalue weighted by molar-refractivity contribution is -0.126. The van der Waals surface area contributed by atoms with E-state index in [9.17, 15) is 13.2 Å². The van der Waals surface area contributed by atoms with E-state index in [0.717, 1.165) is 12.8 Å². The van der Waals surface area contributed by atoms with Gasteiger partial charge in [-0.2, -0.15) is 0 Å². The molecule has 6 fully saturated rings. The molecule has 4 heteroatoms. The number of ketones is 1. The maximum Gasteiger partial charge on any atom is 0.158 e. The van der Waals surface area contributed by atoms with E-state index in [0.29, 0.717) is 29.5 Å². The molecule has 0 radical (unpaired) electrons. The summed E-state index contributed by atoms with van der Waals surface area (Å²) in [6, 6.07) is 0. The van der Waals surface area contributed by atoms with Crippen molar-refractivity contribution in [2.45, 2.75) is 23.3 Å². The Morgan fingerprint density at radius 2 is 1.67 bits per heavy atom. The van der Waals surface area contributed by atoms with Crippen LogP contribution in [-0.2, 0) is 14.6 Å². The summed E-state index contributed by atoms with van der Waals surface area (Å²) in [5, 5.41) is -0.472. The van der Waals surface area contributed by atoms with E-state index in [1.807, 2.05) is 0 Å². The van der Waals surface area contributed by atoms with Crippen molar-refractivity contribution in [1.82, 2.24) is 0 Å². The predicted octanol–water partition coefficient (Wildman–Crippen LogP) is 0.253. The lowest BCUT2D eigenvalue weighted by atomic mass is 9.50. The highest BCUT2D eigenvalue weighted by Gasteiger charge is 2.83. The third kappa shape index (κ3) is 0.500. The predicted molar refractivity (Wildman–Crippen MR) is 51.7 cm³/mol. The molecule has 0 aromatic heterocycles. The van der Waals surface area contributed by atoms with Crippen LogP contribution in [0.5, 0.6) is 0 Å². The number of rotatable bonds is 0. The minimum absolute atomic E-state index is 0.0588. The Morgan fingerprint density at radius 1 is 0.933 bits per heavy atom. The van der Waals surface area contributed by atoms with Gasteiger partial charge in [0.15, 0.2) is 9.84 Å². The van der Waals surface area contributed by atoms with E-state index in [4.69, 9.17) is 0 Å². The molecular weight excluding hydrogens is 212 g/mol. The van der Waals surface area contributed by atoms with Crippen molar-refractivity contribution < 1.29 is 13.2 Å². The van der Waals surface area contributed by atoms with Gasteiger partial charge in [0.25, 0.3) is 0 Å². The second kappa shape index (κ2) is 1.81. The molecular formula is C11H12O3S. The third-order valence-corrected chi connectivity index (χ3v) is 8.84. The summed E-state index contributed by atoms with van der Waals surface area (Å²) in [5.74, 6) is 1.90. The molecule has 5 aliphatic carbocycles. The summed E-state index contributed by atoms with van der Waals surface area (Å²) in [4.78, 5) is 12.1. The fourth-order valence-corrected chi connectivity index (χ4v) is 9.39. The molecule has 0 aromatic carbocycles. The van der Waals surface area contributed by atoms with Crippen LogP contribution < -0.4 is 0 Å². The van der Waals surface area contributed by atoms with Crippen molar-refractivity contribution >= 4 is 15.6 Å². The average Bonchev–Trinajstić information content (AvgIpc) is 2.36. The van der Waals surface area contributed by atoms with Crippen LogP contribution >= 0.6 is 0 Å². The molecule has 1 aliphatic heterocycles. The molecule has 0 unspecified atom stereocenters. The van der Waals surface area contributed by atoms with Gasteiger partial charge in [-0.05, 0) is 36.5 Å². The summed E-state index contributed by atoms with van der Waals surface area (Å²) in [7, 11) is -2.92. The maximum atomic E-state index is 12.2. The minimum Gasteiger partial charge on any atom is -0.299 e. The normalized spacial score (nSPS) is 70.0. The van der Waals surface area contributed by atoms with Crippen LogP contribution in [0, 0.1) is 35.5 Å². The topological polar surface area (TPSA) is 51.2 Å². The summed E-state index contributed by atoms with van der Waals surface area (Å²) in [5.41, 5.74) is 0. The summed E-state index contributed by atoms with van der Waals surface area (Å²) >= 11 is 0. The second-order valence-electron chi connectivity index (χ2n) is 6.03. The van der Waals surface area contributed by atoms with E-state index in [1.54, 1.807) is 0 Å². The molecule has 3 nitrogen and oxygen atoms in total. The number of fused-ring (bicyclic) bond motifs is 2. The van der Waals surface area contributed by atoms with Crippen molar-refractivity contribution in [2.75, 3.05) is 0 Å². The van der Waals surface area contributed by atoms with E-state index < -0.39 is 9.84 Å². The van der Waals surface area contributed by atoms with Crippen molar-refractivity contribution in [2.24, 2.45) is 35.5 Å². The first kappa shape index (κ1) is 7.82. The molecule has 0 aromatic rings. The monoisotopic (exact) mass is 224 g/mol. The fraction of sp³-hybridized carbons (Fsp3) is 0.909. The smallest absolute Gasteiger partial charge is 0.158 e. The Labute approximate surface area is 88.1 Å². The highest BCUT2D eigenvalue weighted by molar-refractivity contribution is 7.93. The Morgan fingerprint density at radius 3 is 2.47 bits per heavy atom. The quantitative estimate of drug-likeness (QED) is 0.593. The molecule has 1 heterocycles. The lowest BCUT2D eigenvalue weighted by Crippen LogP contribution is -2.55. The van der Waals surface area contributed by atoms with Gasteiger partial charge in [0, 0.05) is 11.8 Å². The first-order valence-corrected chi connectivity index (χ1v) is 7.51. The Kier molecular flexibility index (Phi) is 0.944. The number of carbonyl (C=O) groups is 1. The van der Waals surface area contributed by atoms with E-state index >= 15 is 0 Å². The fourth-order valence-electron chi connectivity index (χ4n) is 5.93. The largest absolute Gasteiger partial charge is 0.299 e. The minimum atomic E-state index is -2.92. The van der Waals surface area contributed by atoms with Gasteiger partial charge in [-0.15, -0.1) is 0 Å². The van der Waals surface area contributed by atoms with Gasteiger partial charge in [-0.1, -0.05) is 0 Å². The molecule has 0 N–H and O–H groups in total. The van der Waals surface area contributed by atoms with Gasteiger partial charge in [0.2, 0.25) is 0 Å². The Balaban J connectivity index is 1.90. The number of hydrogen-bond donors (Lipinski definition) is 0. The molecule has 0 spiro atoms. The average molecular weight is 224 g/mol. The lowest BCUT2D eigenvalue weighted by Gasteiger charge is -2.52. The number of hydrogen-bond acceptors (Lipinski definition) is 3. The zero-order chi connectivity index (χ0) is 10.1. The van der Waals surface area contributed by atoms with Crippen LogP contribution in [-0.4, -0.2) is 24.7 Å².